The van der Waals surface area contributed by atoms with Crippen molar-refractivity contribution in [3.8, 4) is 34.1 Å². The van der Waals surface area contributed by atoms with Crippen LogP contribution in [0.1, 0.15) is 28.9 Å². The predicted molar refractivity (Wildman–Crippen MR) is 176 cm³/mol. The van der Waals surface area contributed by atoms with Crippen molar-refractivity contribution in [3.05, 3.63) is 68.6 Å². The molecule has 0 saturated heterocycles. The maximum absolute atomic E-state index is 13.8. The van der Waals surface area contributed by atoms with Crippen LogP contribution >= 0.6 is 0 Å². The number of benzene rings is 2. The Morgan fingerprint density at radius 2 is 1.75 bits per heavy atom. The minimum atomic E-state index is -1.30. The lowest BCUT2D eigenvalue weighted by atomic mass is 10.0. The molecule has 266 valence electrons. The highest BCUT2D eigenvalue weighted by Gasteiger charge is 2.27. The number of nitrogens with zero attached hydrogens (tertiary/aromatic N) is 5. The van der Waals surface area contributed by atoms with Crippen molar-refractivity contribution in [1.29, 1.82) is 0 Å². The SMILES string of the molecule is Cn1cc(-c2coc3cc(O)c(O)c(C(=O)OCc4cn(CC(=O)N[C@@H](CCCN=C(N)N)C(=O)O)nn4)c3c2=O)c(=O)c2cc(O)c(O)cc21. The number of aryl methyl sites for hydroxylation is 1. The molecule has 5 aromatic rings. The molecule has 51 heavy (non-hydrogen) atoms. The van der Waals surface area contributed by atoms with Crippen LogP contribution in [0.5, 0.6) is 23.0 Å². The van der Waals surface area contributed by atoms with Crippen LogP contribution in [0.15, 0.2) is 55.9 Å². The third-order valence-corrected chi connectivity index (χ3v) is 7.62. The van der Waals surface area contributed by atoms with Gasteiger partial charge in [0.15, 0.2) is 34.4 Å². The number of amides is 1. The molecular weight excluding hydrogens is 676 g/mol. The second-order valence-electron chi connectivity index (χ2n) is 11.2. The largest absolute Gasteiger partial charge is 0.504 e. The van der Waals surface area contributed by atoms with Crippen molar-refractivity contribution in [2.45, 2.75) is 32.0 Å². The fourth-order valence-corrected chi connectivity index (χ4v) is 5.19. The lowest BCUT2D eigenvalue weighted by Crippen LogP contribution is -2.42. The number of phenols is 4. The fraction of sp³-hybridized carbons (Fsp3) is 0.226. The van der Waals surface area contributed by atoms with Crippen molar-refractivity contribution >= 4 is 45.7 Å². The van der Waals surface area contributed by atoms with Crippen molar-refractivity contribution in [2.75, 3.05) is 6.54 Å². The molecule has 20 heteroatoms. The second-order valence-corrected chi connectivity index (χ2v) is 11.2. The first kappa shape index (κ1) is 35.2. The summed E-state index contributed by atoms with van der Waals surface area (Å²) >= 11 is 0. The van der Waals surface area contributed by atoms with E-state index in [0.29, 0.717) is 0 Å². The molecule has 0 aliphatic carbocycles. The number of carbonyl (C=O) groups is 3. The van der Waals surface area contributed by atoms with E-state index in [1.807, 2.05) is 0 Å². The first-order chi connectivity index (χ1) is 24.2. The molecule has 0 aliphatic rings. The van der Waals surface area contributed by atoms with E-state index in [2.05, 4.69) is 20.6 Å². The first-order valence-corrected chi connectivity index (χ1v) is 14.9. The quantitative estimate of drug-likeness (QED) is 0.0271. The summed E-state index contributed by atoms with van der Waals surface area (Å²) in [6.45, 7) is -0.875. The Hall–Kier alpha value is -7.12. The predicted octanol–water partition coefficient (Wildman–Crippen LogP) is -0.294. The number of hydrogen-bond donors (Lipinski definition) is 8. The number of hydrogen-bond acceptors (Lipinski definition) is 14. The Labute approximate surface area is 284 Å². The summed E-state index contributed by atoms with van der Waals surface area (Å²) in [5.41, 5.74) is 7.37. The van der Waals surface area contributed by atoms with Gasteiger partial charge in [0.05, 0.1) is 33.6 Å². The standard InChI is InChI=1S/C31H30N8O12/c1-38-9-15(26(44)14-5-19(40)20(41)6-18(14)38)16-12-50-22-7-21(42)28(46)25(24(22)27(16)45)30(49)51-11-13-8-39(37-36-13)10-23(43)35-17(29(47)48)3-2-4-34-31(32)33/h5-9,12,17,40-42,46H,2-4,10-11H2,1H3,(H,35,43)(H,47,48)(H4,32,33,34)/t17-/m0/s1. The number of pyridine rings is 1. The van der Waals surface area contributed by atoms with Gasteiger partial charge in [0.1, 0.15) is 42.3 Å². The Balaban J connectivity index is 1.37. The molecule has 0 radical (unpaired) electrons. The number of aromatic hydroxyl groups is 4. The van der Waals surface area contributed by atoms with Gasteiger partial charge in [-0.3, -0.25) is 19.4 Å². The summed E-state index contributed by atoms with van der Waals surface area (Å²) in [5, 5.41) is 59.5. The molecule has 1 atom stereocenters. The number of ether oxygens (including phenoxy) is 1. The van der Waals surface area contributed by atoms with Gasteiger partial charge in [0.25, 0.3) is 0 Å². The number of rotatable bonds is 12. The number of aromatic nitrogens is 4. The first-order valence-electron chi connectivity index (χ1n) is 14.9. The van der Waals surface area contributed by atoms with Gasteiger partial charge in [-0.15, -0.1) is 5.10 Å². The van der Waals surface area contributed by atoms with Crippen molar-refractivity contribution in [1.82, 2.24) is 24.9 Å². The molecule has 0 spiro atoms. The second kappa shape index (κ2) is 14.2. The molecule has 10 N–H and O–H groups in total. The van der Waals surface area contributed by atoms with Crippen LogP contribution < -0.4 is 27.6 Å². The fourth-order valence-electron chi connectivity index (χ4n) is 5.19. The third-order valence-electron chi connectivity index (χ3n) is 7.62. The highest BCUT2D eigenvalue weighted by Crippen LogP contribution is 2.36. The van der Waals surface area contributed by atoms with Gasteiger partial charge in [0.2, 0.25) is 11.3 Å². The topological polar surface area (TPSA) is 321 Å². The lowest BCUT2D eigenvalue weighted by molar-refractivity contribution is -0.142. The molecule has 5 rings (SSSR count). The summed E-state index contributed by atoms with van der Waals surface area (Å²) in [6, 6.07) is 1.85. The van der Waals surface area contributed by atoms with Gasteiger partial charge in [0, 0.05) is 31.9 Å². The van der Waals surface area contributed by atoms with Crippen LogP contribution in [0.3, 0.4) is 0 Å². The zero-order valence-corrected chi connectivity index (χ0v) is 26.6. The maximum Gasteiger partial charge on any atom is 0.343 e. The monoisotopic (exact) mass is 706 g/mol. The zero-order valence-electron chi connectivity index (χ0n) is 26.6. The number of carboxylic acids is 1. The minimum Gasteiger partial charge on any atom is -0.504 e. The van der Waals surface area contributed by atoms with E-state index in [0.717, 1.165) is 29.1 Å². The minimum absolute atomic E-state index is 0.00814. The van der Waals surface area contributed by atoms with Gasteiger partial charge >= 0.3 is 11.9 Å². The number of nitrogens with one attached hydrogen (secondary N) is 1. The molecule has 3 heterocycles. The smallest absolute Gasteiger partial charge is 0.343 e. The molecule has 0 bridgehead atoms. The molecule has 0 aliphatic heterocycles. The molecule has 3 aromatic heterocycles. The van der Waals surface area contributed by atoms with Crippen LogP contribution in [0, 0.1) is 0 Å². The van der Waals surface area contributed by atoms with Crippen molar-refractivity contribution in [3.63, 3.8) is 0 Å². The summed E-state index contributed by atoms with van der Waals surface area (Å²) in [6.07, 6.45) is 3.75. The normalized spacial score (nSPS) is 11.7. The molecule has 20 nitrogen and oxygen atoms in total. The maximum atomic E-state index is 13.8. The Morgan fingerprint density at radius 1 is 1.02 bits per heavy atom. The summed E-state index contributed by atoms with van der Waals surface area (Å²) in [7, 11) is 1.52. The molecule has 0 saturated carbocycles. The van der Waals surface area contributed by atoms with Gasteiger partial charge in [-0.05, 0) is 18.9 Å². The summed E-state index contributed by atoms with van der Waals surface area (Å²) in [5.74, 6) is -6.33. The van der Waals surface area contributed by atoms with E-state index >= 15 is 0 Å². The lowest BCUT2D eigenvalue weighted by Gasteiger charge is -2.13. The summed E-state index contributed by atoms with van der Waals surface area (Å²) in [4.78, 5) is 68.3. The van der Waals surface area contributed by atoms with E-state index in [4.69, 9.17) is 20.6 Å². The van der Waals surface area contributed by atoms with Gasteiger partial charge in [-0.25, -0.2) is 14.3 Å². The average Bonchev–Trinajstić information content (AvgIpc) is 3.51. The van der Waals surface area contributed by atoms with Crippen molar-refractivity contribution in [2.24, 2.45) is 23.5 Å². The van der Waals surface area contributed by atoms with E-state index < -0.39 is 81.8 Å². The number of guanidine groups is 1. The average molecular weight is 707 g/mol. The molecular formula is C31H30N8O12. The van der Waals surface area contributed by atoms with Crippen LogP contribution in [-0.2, 0) is 34.5 Å². The van der Waals surface area contributed by atoms with E-state index in [1.54, 1.807) is 0 Å². The van der Waals surface area contributed by atoms with Crippen LogP contribution in [0.2, 0.25) is 0 Å². The van der Waals surface area contributed by atoms with E-state index in [1.165, 1.54) is 24.0 Å². The van der Waals surface area contributed by atoms with Crippen molar-refractivity contribution < 1.29 is 49.1 Å². The molecule has 2 aromatic carbocycles. The molecule has 0 unspecified atom stereocenters. The summed E-state index contributed by atoms with van der Waals surface area (Å²) < 4.78 is 13.2. The zero-order chi connectivity index (χ0) is 37.1. The van der Waals surface area contributed by atoms with Crippen LogP contribution in [0.25, 0.3) is 33.0 Å². The third kappa shape index (κ3) is 7.33. The van der Waals surface area contributed by atoms with E-state index in [9.17, 15) is 49.5 Å². The number of carboxylic acid groups (broad SMARTS) is 1. The van der Waals surface area contributed by atoms with Gasteiger partial charge in [-0.1, -0.05) is 5.21 Å². The van der Waals surface area contributed by atoms with Gasteiger partial charge in [-0.2, -0.15) is 0 Å². The van der Waals surface area contributed by atoms with Crippen LogP contribution in [-0.4, -0.2) is 81.5 Å². The number of aliphatic carboxylic acids is 1. The van der Waals surface area contributed by atoms with Crippen LogP contribution in [0.4, 0.5) is 0 Å². The number of esters is 1. The Bertz CT molecular complexity index is 2360. The number of aliphatic imine (C=N–C) groups is 1. The Morgan fingerprint density at radius 3 is 2.45 bits per heavy atom. The van der Waals surface area contributed by atoms with Gasteiger partial charge < -0.3 is 56.0 Å². The highest BCUT2D eigenvalue weighted by molar-refractivity contribution is 6.07. The number of carbonyl (C=O) groups excluding carboxylic acids is 2. The number of fused-ring (bicyclic) bond motifs is 2. The number of nitrogens with two attached hydrogens (primary N) is 2. The molecule has 1 amide bonds. The van der Waals surface area contributed by atoms with E-state index in [-0.39, 0.29) is 58.7 Å². The Kier molecular flexibility index (Phi) is 9.77. The number of phenolic OH excluding ortho intramolecular Hbond substituents is 4. The highest BCUT2D eigenvalue weighted by atomic mass is 16.5. The molecule has 0 fully saturated rings.